The summed E-state index contributed by atoms with van der Waals surface area (Å²) in [6, 6.07) is 14.5. The molecule has 0 unspecified atom stereocenters. The van der Waals surface area contributed by atoms with Gasteiger partial charge in [0, 0.05) is 30.7 Å². The summed E-state index contributed by atoms with van der Waals surface area (Å²) in [6.07, 6.45) is 5.06. The maximum Gasteiger partial charge on any atom is 0.229 e. The molecule has 0 saturated carbocycles. The molecule has 132 valence electrons. The quantitative estimate of drug-likeness (QED) is 0.748. The molecule has 1 aliphatic rings. The SMILES string of the molecule is O=C(Cc1cccs1)Nc1cncc2c1CCN(Cc1ccccc1)C2. The maximum absolute atomic E-state index is 12.3. The molecule has 3 heterocycles. The molecule has 0 aliphatic carbocycles. The number of hydrogen-bond acceptors (Lipinski definition) is 4. The minimum Gasteiger partial charge on any atom is -0.324 e. The second kappa shape index (κ2) is 7.81. The van der Waals surface area contributed by atoms with E-state index in [0.29, 0.717) is 6.42 Å². The fourth-order valence-electron chi connectivity index (χ4n) is 3.40. The topological polar surface area (TPSA) is 45.2 Å². The minimum absolute atomic E-state index is 0.0226. The first-order chi connectivity index (χ1) is 12.8. The van der Waals surface area contributed by atoms with E-state index in [1.165, 1.54) is 16.7 Å². The van der Waals surface area contributed by atoms with Gasteiger partial charge < -0.3 is 5.32 Å². The van der Waals surface area contributed by atoms with Gasteiger partial charge in [-0.05, 0) is 34.6 Å². The van der Waals surface area contributed by atoms with Crippen molar-refractivity contribution in [3.63, 3.8) is 0 Å². The Balaban J connectivity index is 1.44. The summed E-state index contributed by atoms with van der Waals surface area (Å²) >= 11 is 1.61. The van der Waals surface area contributed by atoms with Gasteiger partial charge >= 0.3 is 0 Å². The second-order valence-electron chi connectivity index (χ2n) is 6.58. The van der Waals surface area contributed by atoms with Gasteiger partial charge in [0.15, 0.2) is 0 Å². The van der Waals surface area contributed by atoms with Gasteiger partial charge in [-0.3, -0.25) is 14.7 Å². The van der Waals surface area contributed by atoms with Crippen LogP contribution >= 0.6 is 11.3 Å². The average Bonchev–Trinajstić information content (AvgIpc) is 3.15. The first-order valence-electron chi connectivity index (χ1n) is 8.82. The van der Waals surface area contributed by atoms with Crippen LogP contribution in [0.3, 0.4) is 0 Å². The molecular formula is C21H21N3OS. The third-order valence-corrected chi connectivity index (χ3v) is 5.53. The van der Waals surface area contributed by atoms with Crippen LogP contribution in [-0.2, 0) is 30.7 Å². The molecule has 0 spiro atoms. The van der Waals surface area contributed by atoms with E-state index in [1.807, 2.05) is 29.8 Å². The molecule has 4 nitrogen and oxygen atoms in total. The molecule has 4 rings (SSSR count). The first kappa shape index (κ1) is 16.9. The lowest BCUT2D eigenvalue weighted by atomic mass is 9.99. The van der Waals surface area contributed by atoms with Crippen LogP contribution in [0.25, 0.3) is 0 Å². The summed E-state index contributed by atoms with van der Waals surface area (Å²) in [5, 5.41) is 5.06. The number of nitrogens with one attached hydrogen (secondary N) is 1. The monoisotopic (exact) mass is 363 g/mol. The van der Waals surface area contributed by atoms with Crippen molar-refractivity contribution in [2.75, 3.05) is 11.9 Å². The van der Waals surface area contributed by atoms with Crippen LogP contribution in [0.5, 0.6) is 0 Å². The Hall–Kier alpha value is -2.50. The number of nitrogens with zero attached hydrogens (tertiary/aromatic N) is 2. The zero-order chi connectivity index (χ0) is 17.8. The van der Waals surface area contributed by atoms with E-state index in [0.717, 1.165) is 36.6 Å². The molecule has 1 aliphatic heterocycles. The second-order valence-corrected chi connectivity index (χ2v) is 7.61. The molecule has 5 heteroatoms. The zero-order valence-electron chi connectivity index (χ0n) is 14.5. The van der Waals surface area contributed by atoms with Gasteiger partial charge in [0.25, 0.3) is 0 Å². The van der Waals surface area contributed by atoms with Gasteiger partial charge in [-0.1, -0.05) is 36.4 Å². The number of carbonyl (C=O) groups is 1. The van der Waals surface area contributed by atoms with E-state index in [4.69, 9.17) is 0 Å². The molecular weight excluding hydrogens is 342 g/mol. The predicted octanol–water partition coefficient (Wildman–Crippen LogP) is 3.88. The van der Waals surface area contributed by atoms with Crippen LogP contribution in [0.1, 0.15) is 21.6 Å². The average molecular weight is 363 g/mol. The van der Waals surface area contributed by atoms with E-state index in [-0.39, 0.29) is 5.91 Å². The van der Waals surface area contributed by atoms with Crippen molar-refractivity contribution in [2.45, 2.75) is 25.9 Å². The number of fused-ring (bicyclic) bond motifs is 1. The van der Waals surface area contributed by atoms with E-state index < -0.39 is 0 Å². The summed E-state index contributed by atoms with van der Waals surface area (Å²) < 4.78 is 0. The van der Waals surface area contributed by atoms with E-state index in [2.05, 4.69) is 39.5 Å². The Morgan fingerprint density at radius 3 is 2.85 bits per heavy atom. The summed E-state index contributed by atoms with van der Waals surface area (Å²) in [5.74, 6) is 0.0226. The Morgan fingerprint density at radius 1 is 1.15 bits per heavy atom. The van der Waals surface area contributed by atoms with Gasteiger partial charge in [0.1, 0.15) is 0 Å². The summed E-state index contributed by atoms with van der Waals surface area (Å²) in [4.78, 5) is 20.2. The van der Waals surface area contributed by atoms with Gasteiger partial charge in [0.2, 0.25) is 5.91 Å². The van der Waals surface area contributed by atoms with Crippen LogP contribution < -0.4 is 5.32 Å². The Morgan fingerprint density at radius 2 is 2.04 bits per heavy atom. The molecule has 3 aromatic rings. The van der Waals surface area contributed by atoms with Crippen molar-refractivity contribution in [3.05, 3.63) is 81.8 Å². The van der Waals surface area contributed by atoms with Crippen molar-refractivity contribution >= 4 is 22.9 Å². The molecule has 0 atom stereocenters. The number of carbonyl (C=O) groups excluding carboxylic acids is 1. The number of amides is 1. The van der Waals surface area contributed by atoms with Crippen LogP contribution in [0.2, 0.25) is 0 Å². The molecule has 1 aromatic carbocycles. The molecule has 1 N–H and O–H groups in total. The predicted molar refractivity (Wildman–Crippen MR) is 105 cm³/mol. The van der Waals surface area contributed by atoms with Gasteiger partial charge in [-0.15, -0.1) is 11.3 Å². The first-order valence-corrected chi connectivity index (χ1v) is 9.70. The van der Waals surface area contributed by atoms with Crippen molar-refractivity contribution in [1.82, 2.24) is 9.88 Å². The number of benzene rings is 1. The fraction of sp³-hybridized carbons (Fsp3) is 0.238. The normalized spacial score (nSPS) is 14.0. The highest BCUT2D eigenvalue weighted by Crippen LogP contribution is 2.26. The highest BCUT2D eigenvalue weighted by atomic mass is 32.1. The van der Waals surface area contributed by atoms with E-state index >= 15 is 0 Å². The zero-order valence-corrected chi connectivity index (χ0v) is 15.3. The fourth-order valence-corrected chi connectivity index (χ4v) is 4.11. The lowest BCUT2D eigenvalue weighted by Gasteiger charge is -2.29. The lowest BCUT2D eigenvalue weighted by Crippen LogP contribution is -2.31. The maximum atomic E-state index is 12.3. The molecule has 0 saturated heterocycles. The van der Waals surface area contributed by atoms with Crippen LogP contribution in [-0.4, -0.2) is 22.3 Å². The lowest BCUT2D eigenvalue weighted by molar-refractivity contribution is -0.115. The van der Waals surface area contributed by atoms with Crippen molar-refractivity contribution < 1.29 is 4.79 Å². The molecule has 0 bridgehead atoms. The number of rotatable bonds is 5. The molecule has 0 fully saturated rings. The summed E-state index contributed by atoms with van der Waals surface area (Å²) in [6.45, 7) is 2.79. The standard InChI is InChI=1S/C21H21N3OS/c25-21(11-18-7-4-10-26-18)23-20-13-22-12-17-15-24(9-8-19(17)20)14-16-5-2-1-3-6-16/h1-7,10,12-13H,8-9,11,14-15H2,(H,23,25). The third kappa shape index (κ3) is 4.00. The van der Waals surface area contributed by atoms with Gasteiger partial charge in [-0.25, -0.2) is 0 Å². The van der Waals surface area contributed by atoms with Crippen molar-refractivity contribution in [1.29, 1.82) is 0 Å². The minimum atomic E-state index is 0.0226. The Labute approximate surface area is 157 Å². The van der Waals surface area contributed by atoms with Crippen LogP contribution in [0.4, 0.5) is 5.69 Å². The van der Waals surface area contributed by atoms with Gasteiger partial charge in [-0.2, -0.15) is 0 Å². The molecule has 0 radical (unpaired) electrons. The number of thiophene rings is 1. The highest BCUT2D eigenvalue weighted by Gasteiger charge is 2.20. The Kier molecular flexibility index (Phi) is 5.09. The third-order valence-electron chi connectivity index (χ3n) is 4.66. The number of hydrogen-bond donors (Lipinski definition) is 1. The Bertz CT molecular complexity index is 878. The van der Waals surface area contributed by atoms with E-state index in [1.54, 1.807) is 17.5 Å². The summed E-state index contributed by atoms with van der Waals surface area (Å²) in [7, 11) is 0. The molecule has 2 aromatic heterocycles. The van der Waals surface area contributed by atoms with Crippen molar-refractivity contribution in [2.24, 2.45) is 0 Å². The smallest absolute Gasteiger partial charge is 0.229 e. The molecule has 1 amide bonds. The number of anilines is 1. The number of pyridine rings is 1. The van der Waals surface area contributed by atoms with E-state index in [9.17, 15) is 4.79 Å². The number of aromatic nitrogens is 1. The van der Waals surface area contributed by atoms with Crippen LogP contribution in [0.15, 0.2) is 60.2 Å². The highest BCUT2D eigenvalue weighted by molar-refractivity contribution is 7.10. The summed E-state index contributed by atoms with van der Waals surface area (Å²) in [5.41, 5.74) is 4.62. The largest absolute Gasteiger partial charge is 0.324 e. The molecule has 26 heavy (non-hydrogen) atoms. The van der Waals surface area contributed by atoms with Crippen molar-refractivity contribution in [3.8, 4) is 0 Å². The van der Waals surface area contributed by atoms with Gasteiger partial charge in [0.05, 0.1) is 18.3 Å². The van der Waals surface area contributed by atoms with Crippen LogP contribution in [0, 0.1) is 0 Å².